The lowest BCUT2D eigenvalue weighted by Crippen LogP contribution is -2.08. The number of benzene rings is 3. The van der Waals surface area contributed by atoms with Crippen LogP contribution in [0.25, 0.3) is 0 Å². The number of phenolic OH excluding ortho intramolecular Hbond substituents is 1. The maximum absolute atomic E-state index is 11.6. The van der Waals surface area contributed by atoms with Crippen LogP contribution in [0.15, 0.2) is 98.1 Å². The van der Waals surface area contributed by atoms with Gasteiger partial charge in [0.25, 0.3) is 0 Å². The zero-order valence-corrected chi connectivity index (χ0v) is 19.9. The highest BCUT2D eigenvalue weighted by molar-refractivity contribution is 5.84. The second-order valence-corrected chi connectivity index (χ2v) is 7.54. The van der Waals surface area contributed by atoms with Gasteiger partial charge in [-0.1, -0.05) is 31.4 Å². The Morgan fingerprint density at radius 1 is 0.658 bits per heavy atom. The van der Waals surface area contributed by atoms with Crippen molar-refractivity contribution in [3.63, 3.8) is 0 Å². The number of esters is 2. The highest BCUT2D eigenvalue weighted by atomic mass is 16.5. The third-order valence-electron chi connectivity index (χ3n) is 4.69. The Morgan fingerprint density at radius 2 is 1.05 bits per heavy atom. The van der Waals surface area contributed by atoms with Gasteiger partial charge in [-0.2, -0.15) is 15.0 Å². The summed E-state index contributed by atoms with van der Waals surface area (Å²) in [7, 11) is 0. The minimum Gasteiger partial charge on any atom is -0.508 e. The SMILES string of the molecule is C=CC(=O)Oc1cccc(Nc2nc(Nc3cccc(O)c3)nc(Nc3cccc(OC(=O)C=C)c3)n2)c1. The molecule has 4 aromatic rings. The zero-order valence-electron chi connectivity index (χ0n) is 19.9. The minimum absolute atomic E-state index is 0.0672. The van der Waals surface area contributed by atoms with E-state index >= 15 is 0 Å². The van der Waals surface area contributed by atoms with Gasteiger partial charge in [0.2, 0.25) is 17.8 Å². The summed E-state index contributed by atoms with van der Waals surface area (Å²) >= 11 is 0. The van der Waals surface area contributed by atoms with E-state index in [1.165, 1.54) is 12.1 Å². The molecule has 0 radical (unpaired) electrons. The lowest BCUT2D eigenvalue weighted by molar-refractivity contribution is -0.129. The molecule has 38 heavy (non-hydrogen) atoms. The maximum Gasteiger partial charge on any atom is 0.335 e. The van der Waals surface area contributed by atoms with Gasteiger partial charge in [0.05, 0.1) is 0 Å². The largest absolute Gasteiger partial charge is 0.508 e. The summed E-state index contributed by atoms with van der Waals surface area (Å²) in [6.07, 6.45) is 2.13. The van der Waals surface area contributed by atoms with Crippen LogP contribution in [0.5, 0.6) is 17.2 Å². The average Bonchev–Trinajstić information content (AvgIpc) is 2.89. The molecule has 0 aliphatic rings. The first-order valence-corrected chi connectivity index (χ1v) is 11.1. The molecule has 1 aromatic heterocycles. The molecule has 0 aliphatic carbocycles. The first-order chi connectivity index (χ1) is 18.4. The molecule has 0 aliphatic heterocycles. The molecule has 0 unspecified atom stereocenters. The molecule has 4 rings (SSSR count). The fourth-order valence-electron chi connectivity index (χ4n) is 3.10. The Kier molecular flexibility index (Phi) is 7.89. The van der Waals surface area contributed by atoms with E-state index in [9.17, 15) is 14.7 Å². The number of ether oxygens (including phenoxy) is 2. The number of carbonyl (C=O) groups excluding carboxylic acids is 2. The number of phenols is 1. The smallest absolute Gasteiger partial charge is 0.335 e. The molecular weight excluding hydrogens is 488 g/mol. The van der Waals surface area contributed by atoms with Crippen LogP contribution in [0.4, 0.5) is 34.9 Å². The van der Waals surface area contributed by atoms with Crippen molar-refractivity contribution < 1.29 is 24.2 Å². The van der Waals surface area contributed by atoms with E-state index in [1.807, 2.05) is 0 Å². The average molecular weight is 511 g/mol. The summed E-state index contributed by atoms with van der Waals surface area (Å²) in [5.74, 6) is -0.0258. The summed E-state index contributed by atoms with van der Waals surface area (Å²) in [6, 6.07) is 19.7. The fraction of sp³-hybridized carbons (Fsp3) is 0. The molecular formula is C27H22N6O5. The lowest BCUT2D eigenvalue weighted by Gasteiger charge is -2.12. The van der Waals surface area contributed by atoms with Gasteiger partial charge in [0, 0.05) is 47.4 Å². The summed E-state index contributed by atoms with van der Waals surface area (Å²) in [5.41, 5.74) is 1.63. The Balaban J connectivity index is 1.63. The van der Waals surface area contributed by atoms with Crippen LogP contribution >= 0.6 is 0 Å². The van der Waals surface area contributed by atoms with Crippen LogP contribution in [0, 0.1) is 0 Å². The van der Waals surface area contributed by atoms with Crippen molar-refractivity contribution in [1.29, 1.82) is 0 Å². The Bertz CT molecular complexity index is 1420. The van der Waals surface area contributed by atoms with Gasteiger partial charge in [-0.15, -0.1) is 0 Å². The van der Waals surface area contributed by atoms with Gasteiger partial charge < -0.3 is 30.5 Å². The summed E-state index contributed by atoms with van der Waals surface area (Å²) in [5, 5.41) is 18.9. The van der Waals surface area contributed by atoms with Gasteiger partial charge in [-0.25, -0.2) is 9.59 Å². The summed E-state index contributed by atoms with van der Waals surface area (Å²) < 4.78 is 10.3. The van der Waals surface area contributed by atoms with Crippen LogP contribution in [-0.2, 0) is 9.59 Å². The molecule has 0 fully saturated rings. The topological polar surface area (TPSA) is 148 Å². The molecule has 1 heterocycles. The van der Waals surface area contributed by atoms with Crippen molar-refractivity contribution in [1.82, 2.24) is 15.0 Å². The lowest BCUT2D eigenvalue weighted by atomic mass is 10.3. The molecule has 0 atom stereocenters. The van der Waals surface area contributed by atoms with Gasteiger partial charge in [-0.05, 0) is 36.4 Å². The van der Waals surface area contributed by atoms with Gasteiger partial charge in [0.1, 0.15) is 17.2 Å². The number of nitrogens with one attached hydrogen (secondary N) is 3. The molecule has 3 aromatic carbocycles. The van der Waals surface area contributed by atoms with Gasteiger partial charge in [-0.3, -0.25) is 0 Å². The zero-order chi connectivity index (χ0) is 26.9. The minimum atomic E-state index is -0.590. The molecule has 4 N–H and O–H groups in total. The number of carbonyl (C=O) groups is 2. The van der Waals surface area contributed by atoms with Crippen LogP contribution in [0.3, 0.4) is 0 Å². The molecule has 0 amide bonds. The van der Waals surface area contributed by atoms with Crippen molar-refractivity contribution in [2.75, 3.05) is 16.0 Å². The number of anilines is 6. The monoisotopic (exact) mass is 510 g/mol. The first-order valence-electron chi connectivity index (χ1n) is 11.1. The maximum atomic E-state index is 11.6. The molecule has 0 bridgehead atoms. The van der Waals surface area contributed by atoms with E-state index in [-0.39, 0.29) is 23.6 Å². The Labute approximate surface area is 217 Å². The highest BCUT2D eigenvalue weighted by Crippen LogP contribution is 2.25. The highest BCUT2D eigenvalue weighted by Gasteiger charge is 2.11. The predicted molar refractivity (Wildman–Crippen MR) is 142 cm³/mol. The number of nitrogens with zero attached hydrogens (tertiary/aromatic N) is 3. The van der Waals surface area contributed by atoms with Crippen LogP contribution in [-0.4, -0.2) is 32.0 Å². The van der Waals surface area contributed by atoms with Crippen LogP contribution < -0.4 is 25.4 Å². The third-order valence-corrected chi connectivity index (χ3v) is 4.69. The normalized spacial score (nSPS) is 10.1. The molecule has 0 spiro atoms. The Hall–Kier alpha value is -5.71. The van der Waals surface area contributed by atoms with E-state index in [2.05, 4.69) is 44.1 Å². The first kappa shape index (κ1) is 25.4. The van der Waals surface area contributed by atoms with Crippen molar-refractivity contribution >= 4 is 46.8 Å². The second-order valence-electron chi connectivity index (χ2n) is 7.54. The Morgan fingerprint density at radius 3 is 1.45 bits per heavy atom. The summed E-state index contributed by atoms with van der Waals surface area (Å²) in [6.45, 7) is 6.78. The third kappa shape index (κ3) is 7.15. The van der Waals surface area contributed by atoms with Crippen LogP contribution in [0.1, 0.15) is 0 Å². The van der Waals surface area contributed by atoms with E-state index in [0.717, 1.165) is 12.2 Å². The van der Waals surface area contributed by atoms with Crippen molar-refractivity contribution in [2.45, 2.75) is 0 Å². The van der Waals surface area contributed by atoms with Crippen molar-refractivity contribution in [3.8, 4) is 17.2 Å². The number of hydrogen-bond acceptors (Lipinski definition) is 11. The number of aromatic nitrogens is 3. The number of rotatable bonds is 10. The standard InChI is InChI=1S/C27H22N6O5/c1-3-23(35)37-21-12-6-9-18(15-21)29-26-31-25(28-17-8-5-11-20(34)14-17)32-27(33-26)30-19-10-7-13-22(16-19)38-24(36)4-2/h3-16,34H,1-2H2,(H3,28,29,30,31,32,33). The molecule has 0 saturated heterocycles. The van der Waals surface area contributed by atoms with Gasteiger partial charge in [0.15, 0.2) is 0 Å². The van der Waals surface area contributed by atoms with E-state index < -0.39 is 11.9 Å². The van der Waals surface area contributed by atoms with Crippen LogP contribution in [0.2, 0.25) is 0 Å². The molecule has 11 heteroatoms. The van der Waals surface area contributed by atoms with Gasteiger partial charge >= 0.3 is 11.9 Å². The fourth-order valence-corrected chi connectivity index (χ4v) is 3.10. The predicted octanol–water partition coefficient (Wildman–Crippen LogP) is 4.99. The number of hydrogen-bond donors (Lipinski definition) is 4. The summed E-state index contributed by atoms with van der Waals surface area (Å²) in [4.78, 5) is 36.3. The van der Waals surface area contributed by atoms with Crippen molar-refractivity contribution in [3.05, 3.63) is 98.1 Å². The molecule has 190 valence electrons. The van der Waals surface area contributed by atoms with Crippen molar-refractivity contribution in [2.24, 2.45) is 0 Å². The quantitative estimate of drug-likeness (QED) is 0.130. The number of aromatic hydroxyl groups is 1. The van der Waals surface area contributed by atoms with E-state index in [4.69, 9.17) is 9.47 Å². The van der Waals surface area contributed by atoms with E-state index in [1.54, 1.807) is 60.7 Å². The molecule has 0 saturated carbocycles. The molecule has 11 nitrogen and oxygen atoms in total. The van der Waals surface area contributed by atoms with E-state index in [0.29, 0.717) is 28.6 Å². The second kappa shape index (κ2) is 11.8.